The van der Waals surface area contributed by atoms with Crippen LogP contribution in [0.4, 0.5) is 0 Å². The van der Waals surface area contributed by atoms with Crippen LogP contribution in [-0.4, -0.2) is 21.2 Å². The summed E-state index contributed by atoms with van der Waals surface area (Å²) in [5, 5.41) is 21.1. The van der Waals surface area contributed by atoms with Crippen molar-refractivity contribution in [3.63, 3.8) is 0 Å². The molecule has 0 unspecified atom stereocenters. The van der Waals surface area contributed by atoms with Crippen LogP contribution in [0, 0.1) is 0 Å². The monoisotopic (exact) mass is 345 g/mol. The maximum atomic E-state index is 11.3. The molecule has 25 heavy (non-hydrogen) atoms. The predicted molar refractivity (Wildman–Crippen MR) is 97.4 cm³/mol. The Kier molecular flexibility index (Phi) is 2.85. The summed E-state index contributed by atoms with van der Waals surface area (Å²) in [7, 11) is 0. The van der Waals surface area contributed by atoms with Gasteiger partial charge < -0.3 is 10.2 Å². The Bertz CT molecular complexity index is 1220. The van der Waals surface area contributed by atoms with Gasteiger partial charge in [0.1, 0.15) is 5.75 Å². The fraction of sp³-hybridized carbons (Fsp3) is 0. The summed E-state index contributed by atoms with van der Waals surface area (Å²) >= 11 is 1.56. The van der Waals surface area contributed by atoms with Crippen LogP contribution in [0.3, 0.4) is 0 Å². The molecule has 0 saturated carbocycles. The molecule has 0 atom stereocenters. The lowest BCUT2D eigenvalue weighted by molar-refractivity contribution is 0.0696. The van der Waals surface area contributed by atoms with Gasteiger partial charge in [0.15, 0.2) is 0 Å². The highest BCUT2D eigenvalue weighted by Gasteiger charge is 2.23. The summed E-state index contributed by atoms with van der Waals surface area (Å²) in [6, 6.07) is 16.3. The maximum absolute atomic E-state index is 11.3. The standard InChI is InChI=1S/C20H11NO3S/c22-11-5-7-14-16(9-11)21-15-3-1-2-13-12-6-4-10(20(23)24)8-17(12)25-19(14)18(13)15/h1-9,22H,(H,23,24). The van der Waals surface area contributed by atoms with Crippen molar-refractivity contribution in [1.29, 1.82) is 0 Å². The number of aromatic carboxylic acids is 1. The lowest BCUT2D eigenvalue weighted by atomic mass is 9.97. The third-order valence-electron chi connectivity index (χ3n) is 4.47. The Balaban J connectivity index is 1.91. The number of benzene rings is 3. The minimum Gasteiger partial charge on any atom is -0.508 e. The molecule has 5 rings (SSSR count). The van der Waals surface area contributed by atoms with E-state index < -0.39 is 5.97 Å². The second-order valence-electron chi connectivity index (χ2n) is 5.96. The van der Waals surface area contributed by atoms with Crippen molar-refractivity contribution in [2.24, 2.45) is 0 Å². The van der Waals surface area contributed by atoms with Crippen LogP contribution in [0.25, 0.3) is 32.9 Å². The van der Waals surface area contributed by atoms with E-state index in [1.54, 1.807) is 36.0 Å². The van der Waals surface area contributed by atoms with Crippen LogP contribution in [-0.2, 0) is 0 Å². The molecule has 1 aliphatic rings. The highest BCUT2D eigenvalue weighted by atomic mass is 32.2. The number of carboxylic acid groups (broad SMARTS) is 1. The number of nitrogens with zero attached hydrogens (tertiary/aromatic N) is 1. The summed E-state index contributed by atoms with van der Waals surface area (Å²) < 4.78 is 0. The normalized spacial score (nSPS) is 12.3. The summed E-state index contributed by atoms with van der Waals surface area (Å²) in [5.41, 5.74) is 3.95. The summed E-state index contributed by atoms with van der Waals surface area (Å²) in [5.74, 6) is -0.756. The van der Waals surface area contributed by atoms with Gasteiger partial charge in [-0.1, -0.05) is 30.0 Å². The van der Waals surface area contributed by atoms with E-state index in [4.69, 9.17) is 4.98 Å². The van der Waals surface area contributed by atoms with Crippen molar-refractivity contribution in [2.75, 3.05) is 0 Å². The Hall–Kier alpha value is -3.05. The van der Waals surface area contributed by atoms with E-state index in [0.29, 0.717) is 0 Å². The average molecular weight is 345 g/mol. The van der Waals surface area contributed by atoms with Crippen LogP contribution in [0.2, 0.25) is 0 Å². The van der Waals surface area contributed by atoms with E-state index >= 15 is 0 Å². The number of carboxylic acids is 1. The van der Waals surface area contributed by atoms with Crippen LogP contribution in [0.15, 0.2) is 64.4 Å². The minimum atomic E-state index is -0.933. The van der Waals surface area contributed by atoms with Gasteiger partial charge in [-0.25, -0.2) is 9.78 Å². The van der Waals surface area contributed by atoms with Gasteiger partial charge in [-0.05, 0) is 41.5 Å². The first-order chi connectivity index (χ1) is 12.1. The van der Waals surface area contributed by atoms with Gasteiger partial charge in [-0.3, -0.25) is 0 Å². The first-order valence-electron chi connectivity index (χ1n) is 7.73. The predicted octanol–water partition coefficient (Wildman–Crippen LogP) is 4.92. The van der Waals surface area contributed by atoms with Crippen LogP contribution < -0.4 is 0 Å². The first-order valence-corrected chi connectivity index (χ1v) is 8.54. The van der Waals surface area contributed by atoms with Crippen LogP contribution in [0.1, 0.15) is 10.4 Å². The average Bonchev–Trinajstić information content (AvgIpc) is 2.61. The van der Waals surface area contributed by atoms with E-state index in [1.165, 1.54) is 0 Å². The summed E-state index contributed by atoms with van der Waals surface area (Å²) in [6.07, 6.45) is 0. The molecule has 0 radical (unpaired) electrons. The molecule has 2 heterocycles. The SMILES string of the molecule is O=C(O)c1ccc2c(c1)Sc1c3ccc(O)cc3nc3cccc-2c13. The largest absolute Gasteiger partial charge is 0.508 e. The molecule has 4 nitrogen and oxygen atoms in total. The van der Waals surface area contributed by atoms with Gasteiger partial charge in [0.05, 0.1) is 16.6 Å². The third kappa shape index (κ3) is 2.03. The summed E-state index contributed by atoms with van der Waals surface area (Å²) in [4.78, 5) is 18.0. The molecule has 120 valence electrons. The van der Waals surface area contributed by atoms with E-state index in [-0.39, 0.29) is 11.3 Å². The quantitative estimate of drug-likeness (QED) is 0.422. The number of aromatic hydroxyl groups is 1. The summed E-state index contributed by atoms with van der Waals surface area (Å²) in [6.45, 7) is 0. The van der Waals surface area contributed by atoms with Crippen molar-refractivity contribution in [3.8, 4) is 16.9 Å². The Morgan fingerprint density at radius 3 is 2.68 bits per heavy atom. The van der Waals surface area contributed by atoms with E-state index in [0.717, 1.165) is 42.7 Å². The first kappa shape index (κ1) is 14.3. The van der Waals surface area contributed by atoms with Gasteiger partial charge in [0, 0.05) is 26.6 Å². The van der Waals surface area contributed by atoms with Gasteiger partial charge in [0.2, 0.25) is 0 Å². The highest BCUT2D eigenvalue weighted by Crippen LogP contribution is 2.50. The molecule has 1 aliphatic heterocycles. The lowest BCUT2D eigenvalue weighted by Crippen LogP contribution is -2.00. The fourth-order valence-electron chi connectivity index (χ4n) is 3.34. The second-order valence-corrected chi connectivity index (χ2v) is 7.01. The van der Waals surface area contributed by atoms with E-state index in [1.807, 2.05) is 30.3 Å². The van der Waals surface area contributed by atoms with Gasteiger partial charge >= 0.3 is 5.97 Å². The smallest absolute Gasteiger partial charge is 0.335 e. The molecular formula is C20H11NO3S. The van der Waals surface area contributed by atoms with Crippen molar-refractivity contribution in [3.05, 3.63) is 60.2 Å². The molecule has 5 heteroatoms. The third-order valence-corrected chi connectivity index (χ3v) is 5.65. The zero-order valence-electron chi connectivity index (χ0n) is 12.9. The number of hydrogen-bond donors (Lipinski definition) is 2. The number of pyridine rings is 1. The number of hydrogen-bond acceptors (Lipinski definition) is 4. The number of fused-ring (bicyclic) bond motifs is 4. The van der Waals surface area contributed by atoms with Crippen molar-refractivity contribution < 1.29 is 15.0 Å². The number of carbonyl (C=O) groups is 1. The Morgan fingerprint density at radius 2 is 1.84 bits per heavy atom. The van der Waals surface area contributed by atoms with Gasteiger partial charge in [-0.2, -0.15) is 0 Å². The molecule has 0 spiro atoms. The highest BCUT2D eigenvalue weighted by molar-refractivity contribution is 8.00. The maximum Gasteiger partial charge on any atom is 0.335 e. The van der Waals surface area contributed by atoms with Gasteiger partial charge in [-0.15, -0.1) is 0 Å². The molecule has 3 aromatic carbocycles. The minimum absolute atomic E-state index is 0.178. The second kappa shape index (κ2) is 4.97. The molecule has 0 amide bonds. The van der Waals surface area contributed by atoms with Crippen LogP contribution >= 0.6 is 11.8 Å². The number of phenols is 1. The van der Waals surface area contributed by atoms with E-state index in [2.05, 4.69) is 0 Å². The molecule has 2 N–H and O–H groups in total. The molecule has 0 saturated heterocycles. The topological polar surface area (TPSA) is 70.4 Å². The molecular weight excluding hydrogens is 334 g/mol. The number of phenolic OH excluding ortho intramolecular Hbond substituents is 1. The van der Waals surface area contributed by atoms with Gasteiger partial charge in [0.25, 0.3) is 0 Å². The van der Waals surface area contributed by atoms with Crippen molar-refractivity contribution in [2.45, 2.75) is 9.79 Å². The fourth-order valence-corrected chi connectivity index (χ4v) is 4.64. The van der Waals surface area contributed by atoms with Crippen molar-refractivity contribution >= 4 is 39.5 Å². The molecule has 4 aromatic rings. The molecule has 1 aromatic heterocycles. The molecule has 0 bridgehead atoms. The number of aromatic nitrogens is 1. The lowest BCUT2D eigenvalue weighted by Gasteiger charge is -2.21. The van der Waals surface area contributed by atoms with Crippen molar-refractivity contribution in [1.82, 2.24) is 4.98 Å². The molecule has 0 aliphatic carbocycles. The van der Waals surface area contributed by atoms with E-state index in [9.17, 15) is 15.0 Å². The zero-order valence-corrected chi connectivity index (χ0v) is 13.7. The molecule has 0 fully saturated rings. The Morgan fingerprint density at radius 1 is 0.960 bits per heavy atom. The van der Waals surface area contributed by atoms with Crippen LogP contribution in [0.5, 0.6) is 5.75 Å². The Labute approximate surface area is 146 Å². The number of rotatable bonds is 1. The zero-order chi connectivity index (χ0) is 17.1.